The van der Waals surface area contributed by atoms with E-state index in [1.807, 2.05) is 31.2 Å². The number of nitrogens with one attached hydrogen (secondary N) is 1. The second-order valence-corrected chi connectivity index (χ2v) is 4.36. The van der Waals surface area contributed by atoms with E-state index >= 15 is 0 Å². The molecule has 0 fully saturated rings. The Balaban J connectivity index is 0.000000585. The lowest BCUT2D eigenvalue weighted by Gasteiger charge is -2.16. The molecule has 1 rings (SSSR count). The number of ether oxygens (including phenoxy) is 1. The zero-order chi connectivity index (χ0) is 18.0. The lowest BCUT2D eigenvalue weighted by atomic mass is 10.1. The third-order valence-electron chi connectivity index (χ3n) is 2.64. The van der Waals surface area contributed by atoms with Crippen LogP contribution in [0.1, 0.15) is 24.9 Å². The van der Waals surface area contributed by atoms with Gasteiger partial charge in [-0.15, -0.1) is 0 Å². The number of hydrogen-bond donors (Lipinski definition) is 3. The highest BCUT2D eigenvalue weighted by Gasteiger charge is 2.38. The highest BCUT2D eigenvalue weighted by atomic mass is 19.4. The first-order chi connectivity index (χ1) is 10.6. The molecule has 0 spiro atoms. The largest absolute Gasteiger partial charge is 0.496 e. The van der Waals surface area contributed by atoms with E-state index in [9.17, 15) is 18.0 Å². The molecule has 130 valence electrons. The van der Waals surface area contributed by atoms with Crippen LogP contribution in [0.2, 0.25) is 0 Å². The van der Waals surface area contributed by atoms with Gasteiger partial charge in [0.15, 0.2) is 0 Å². The topological polar surface area (TPSA) is 95.9 Å². The summed E-state index contributed by atoms with van der Waals surface area (Å²) < 4.78 is 37.0. The summed E-state index contributed by atoms with van der Waals surface area (Å²) in [6.07, 6.45) is -4.96. The van der Waals surface area contributed by atoms with Crippen molar-refractivity contribution >= 4 is 11.9 Å². The zero-order valence-corrected chi connectivity index (χ0v) is 12.6. The van der Waals surface area contributed by atoms with E-state index < -0.39 is 18.1 Å². The van der Waals surface area contributed by atoms with Crippen LogP contribution in [0, 0.1) is 0 Å². The SMILES string of the molecule is COc1ccccc1C(C)NCCC(=O)O.O=C(O)C(F)(F)F. The highest BCUT2D eigenvalue weighted by molar-refractivity contribution is 5.73. The Bertz CT molecular complexity index is 519. The van der Waals surface area contributed by atoms with E-state index in [2.05, 4.69) is 5.32 Å². The van der Waals surface area contributed by atoms with Gasteiger partial charge in [0.05, 0.1) is 13.5 Å². The Kier molecular flexibility index (Phi) is 8.71. The number of rotatable bonds is 6. The van der Waals surface area contributed by atoms with Crippen LogP contribution in [0.15, 0.2) is 24.3 Å². The molecule has 6 nitrogen and oxygen atoms in total. The summed E-state index contributed by atoms with van der Waals surface area (Å²) in [5, 5.41) is 18.8. The minimum Gasteiger partial charge on any atom is -0.496 e. The quantitative estimate of drug-likeness (QED) is 0.738. The van der Waals surface area contributed by atoms with Crippen molar-refractivity contribution in [2.45, 2.75) is 25.6 Å². The summed E-state index contributed by atoms with van der Waals surface area (Å²) in [5.41, 5.74) is 1.04. The maximum atomic E-state index is 10.6. The number of aliphatic carboxylic acids is 2. The normalized spacial score (nSPS) is 11.9. The number of methoxy groups -OCH3 is 1. The minimum atomic E-state index is -5.08. The summed E-state index contributed by atoms with van der Waals surface area (Å²) in [7, 11) is 1.63. The summed E-state index contributed by atoms with van der Waals surface area (Å²) >= 11 is 0. The van der Waals surface area contributed by atoms with Crippen LogP contribution in [-0.2, 0) is 9.59 Å². The maximum Gasteiger partial charge on any atom is 0.490 e. The molecule has 3 N–H and O–H groups in total. The molecule has 0 aromatic heterocycles. The van der Waals surface area contributed by atoms with Crippen molar-refractivity contribution in [1.29, 1.82) is 0 Å². The molecule has 0 saturated carbocycles. The molecule has 1 atom stereocenters. The third-order valence-corrected chi connectivity index (χ3v) is 2.64. The summed E-state index contributed by atoms with van der Waals surface area (Å²) in [6.45, 7) is 2.44. The molecule has 0 amide bonds. The Labute approximate surface area is 130 Å². The van der Waals surface area contributed by atoms with Crippen LogP contribution in [0.25, 0.3) is 0 Å². The molecule has 1 unspecified atom stereocenters. The van der Waals surface area contributed by atoms with Crippen LogP contribution in [0.3, 0.4) is 0 Å². The van der Waals surface area contributed by atoms with Crippen LogP contribution in [0.5, 0.6) is 5.75 Å². The predicted octanol–water partition coefficient (Wildman–Crippen LogP) is 2.45. The molecular formula is C14H18F3NO5. The minimum absolute atomic E-state index is 0.0792. The first-order valence-electron chi connectivity index (χ1n) is 6.47. The lowest BCUT2D eigenvalue weighted by Crippen LogP contribution is -2.22. The van der Waals surface area contributed by atoms with Crippen molar-refractivity contribution in [2.24, 2.45) is 0 Å². The highest BCUT2D eigenvalue weighted by Crippen LogP contribution is 2.24. The standard InChI is InChI=1S/C12H17NO3.C2HF3O2/c1-9(13-8-7-12(14)15)10-5-3-4-6-11(10)16-2;3-2(4,5)1(6)7/h3-6,9,13H,7-8H2,1-2H3,(H,14,15);(H,6,7). The van der Waals surface area contributed by atoms with E-state index in [0.29, 0.717) is 6.54 Å². The van der Waals surface area contributed by atoms with Gasteiger partial charge in [-0.1, -0.05) is 18.2 Å². The Morgan fingerprint density at radius 2 is 1.78 bits per heavy atom. The van der Waals surface area contributed by atoms with Crippen LogP contribution >= 0.6 is 0 Å². The van der Waals surface area contributed by atoms with Gasteiger partial charge >= 0.3 is 18.1 Å². The van der Waals surface area contributed by atoms with Crippen molar-refractivity contribution in [3.63, 3.8) is 0 Å². The average Bonchev–Trinajstić information content (AvgIpc) is 2.46. The zero-order valence-electron chi connectivity index (χ0n) is 12.6. The predicted molar refractivity (Wildman–Crippen MR) is 75.4 cm³/mol. The molecule has 9 heteroatoms. The second kappa shape index (κ2) is 9.67. The number of benzene rings is 1. The fourth-order valence-corrected chi connectivity index (χ4v) is 1.53. The van der Waals surface area contributed by atoms with Gasteiger partial charge < -0.3 is 20.3 Å². The number of carboxylic acids is 2. The fraction of sp³-hybridized carbons (Fsp3) is 0.429. The number of alkyl halides is 3. The molecule has 0 radical (unpaired) electrons. The Hall–Kier alpha value is -2.29. The molecule has 0 aliphatic rings. The van der Waals surface area contributed by atoms with Crippen molar-refractivity contribution < 1.29 is 37.7 Å². The lowest BCUT2D eigenvalue weighted by molar-refractivity contribution is -0.192. The number of para-hydroxylation sites is 1. The molecule has 0 heterocycles. The summed E-state index contributed by atoms with van der Waals surface area (Å²) in [4.78, 5) is 19.3. The number of carboxylic acid groups (broad SMARTS) is 2. The van der Waals surface area contributed by atoms with Crippen molar-refractivity contribution in [1.82, 2.24) is 5.32 Å². The Morgan fingerprint density at radius 3 is 2.22 bits per heavy atom. The molecule has 23 heavy (non-hydrogen) atoms. The van der Waals surface area contributed by atoms with E-state index in [0.717, 1.165) is 11.3 Å². The summed E-state index contributed by atoms with van der Waals surface area (Å²) in [5.74, 6) is -2.73. The molecule has 0 saturated heterocycles. The van der Waals surface area contributed by atoms with Crippen molar-refractivity contribution in [3.8, 4) is 5.75 Å². The molecule has 1 aromatic rings. The van der Waals surface area contributed by atoms with Crippen LogP contribution in [0.4, 0.5) is 13.2 Å². The number of carbonyl (C=O) groups is 2. The molecule has 0 bridgehead atoms. The maximum absolute atomic E-state index is 10.6. The van der Waals surface area contributed by atoms with Gasteiger partial charge in [0, 0.05) is 18.2 Å². The average molecular weight is 337 g/mol. The van der Waals surface area contributed by atoms with Gasteiger partial charge in [-0.05, 0) is 13.0 Å². The van der Waals surface area contributed by atoms with E-state index in [-0.39, 0.29) is 12.5 Å². The van der Waals surface area contributed by atoms with Crippen LogP contribution in [-0.4, -0.2) is 42.0 Å². The first kappa shape index (κ1) is 20.7. The first-order valence-corrected chi connectivity index (χ1v) is 6.47. The van der Waals surface area contributed by atoms with Gasteiger partial charge in [0.25, 0.3) is 0 Å². The van der Waals surface area contributed by atoms with E-state index in [1.165, 1.54) is 0 Å². The van der Waals surface area contributed by atoms with E-state index in [1.54, 1.807) is 7.11 Å². The number of hydrogen-bond acceptors (Lipinski definition) is 4. The number of halogens is 3. The van der Waals surface area contributed by atoms with E-state index in [4.69, 9.17) is 19.7 Å². The fourth-order valence-electron chi connectivity index (χ4n) is 1.53. The smallest absolute Gasteiger partial charge is 0.490 e. The molecule has 0 aliphatic carbocycles. The molecule has 0 aliphatic heterocycles. The van der Waals surface area contributed by atoms with Gasteiger partial charge in [-0.25, -0.2) is 4.79 Å². The van der Waals surface area contributed by atoms with Gasteiger partial charge in [0.2, 0.25) is 0 Å². The van der Waals surface area contributed by atoms with Crippen molar-refractivity contribution in [3.05, 3.63) is 29.8 Å². The summed E-state index contributed by atoms with van der Waals surface area (Å²) in [6, 6.07) is 7.79. The van der Waals surface area contributed by atoms with Gasteiger partial charge in [-0.3, -0.25) is 4.79 Å². The third kappa shape index (κ3) is 8.67. The molecular weight excluding hydrogens is 319 g/mol. The second-order valence-electron chi connectivity index (χ2n) is 4.36. The Morgan fingerprint density at radius 1 is 1.26 bits per heavy atom. The van der Waals surface area contributed by atoms with Gasteiger partial charge in [-0.2, -0.15) is 13.2 Å². The van der Waals surface area contributed by atoms with Crippen LogP contribution < -0.4 is 10.1 Å². The van der Waals surface area contributed by atoms with Crippen molar-refractivity contribution in [2.75, 3.05) is 13.7 Å². The molecule has 1 aromatic carbocycles. The van der Waals surface area contributed by atoms with Gasteiger partial charge in [0.1, 0.15) is 5.75 Å². The monoisotopic (exact) mass is 337 g/mol.